The van der Waals surface area contributed by atoms with E-state index in [1.807, 2.05) is 20.8 Å². The molecule has 0 aromatic carbocycles. The minimum atomic E-state index is -1.49. The molecule has 2 aromatic heterocycles. The highest BCUT2D eigenvalue weighted by Gasteiger charge is 2.31. The van der Waals surface area contributed by atoms with Gasteiger partial charge in [0.1, 0.15) is 24.6 Å². The first-order valence-electron chi connectivity index (χ1n) is 13.6. The average molecular weight is 572 g/mol. The smallest absolute Gasteiger partial charge is 0.329 e. The first kappa shape index (κ1) is 31.5. The van der Waals surface area contributed by atoms with E-state index in [4.69, 9.17) is 9.15 Å². The molecule has 5 unspecified atom stereocenters. The van der Waals surface area contributed by atoms with Gasteiger partial charge < -0.3 is 29.9 Å². The van der Waals surface area contributed by atoms with E-state index in [9.17, 15) is 23.9 Å². The Kier molecular flexibility index (Phi) is 11.6. The molecule has 0 aliphatic carbocycles. The number of aliphatic hydroxyl groups excluding tert-OH is 1. The predicted octanol–water partition coefficient (Wildman–Crippen LogP) is 2.76. The molecule has 2 amide bonds. The summed E-state index contributed by atoms with van der Waals surface area (Å²) in [6.45, 7) is 7.62. The molecule has 12 heteroatoms. The largest absolute Gasteiger partial charge is 0.460 e. The Morgan fingerprint density at radius 2 is 2.00 bits per heavy atom. The number of amides is 2. The van der Waals surface area contributed by atoms with E-state index in [0.717, 1.165) is 6.26 Å². The number of esters is 1. The molecule has 2 bridgehead atoms. The van der Waals surface area contributed by atoms with Gasteiger partial charge in [0.25, 0.3) is 5.91 Å². The van der Waals surface area contributed by atoms with Crippen LogP contribution in [-0.2, 0) is 27.2 Å². The van der Waals surface area contributed by atoms with Gasteiger partial charge in [0, 0.05) is 37.2 Å². The number of carbonyl (C=O) groups excluding carboxylic acids is 3. The second kappa shape index (κ2) is 15.1. The van der Waals surface area contributed by atoms with E-state index in [1.54, 1.807) is 25.2 Å². The molecule has 0 spiro atoms. The Labute approximate surface area is 238 Å². The minimum absolute atomic E-state index is 0.0160. The van der Waals surface area contributed by atoms with Crippen LogP contribution in [0.25, 0.3) is 0 Å². The van der Waals surface area contributed by atoms with Crippen molar-refractivity contribution in [2.45, 2.75) is 71.4 Å². The number of allylic oxidation sites excluding steroid dienone is 2. The molecule has 2 aromatic rings. The standard InChI is InChI=1S/C29H38FN5O6/c1-17(2)27-19(4)7-8-25(37)32-9-5-6-18(3)10-22(36)11-20(30)12-26-34-24(15-40-26)28(38)35-23(29(39)41-27)13-21-14-31-16-33-21/h5-8,10,14-17,19-20,22-23,27,36H,9,11-13H2,1-4H3,(H,31,33)(H,32,37)(H,35,38)/b6-5+,8-7+,18-10+. The van der Waals surface area contributed by atoms with Crippen molar-refractivity contribution < 1.29 is 33.0 Å². The van der Waals surface area contributed by atoms with Crippen molar-refractivity contribution in [3.8, 4) is 0 Å². The van der Waals surface area contributed by atoms with Gasteiger partial charge in [-0.2, -0.15) is 0 Å². The van der Waals surface area contributed by atoms with E-state index in [-0.39, 0.29) is 55.1 Å². The van der Waals surface area contributed by atoms with E-state index in [0.29, 0.717) is 11.3 Å². The molecule has 0 radical (unpaired) electrons. The van der Waals surface area contributed by atoms with Crippen LogP contribution in [0, 0.1) is 11.8 Å². The number of halogens is 1. The molecule has 0 fully saturated rings. The highest BCUT2D eigenvalue weighted by Crippen LogP contribution is 2.20. The third-order valence-electron chi connectivity index (χ3n) is 6.46. The van der Waals surface area contributed by atoms with Gasteiger partial charge in [0.05, 0.1) is 18.9 Å². The number of nitrogens with zero attached hydrogens (tertiary/aromatic N) is 2. The Hall–Kier alpha value is -4.06. The van der Waals surface area contributed by atoms with Crippen molar-refractivity contribution in [2.24, 2.45) is 11.8 Å². The molecule has 222 valence electrons. The number of aromatic nitrogens is 3. The summed E-state index contributed by atoms with van der Waals surface area (Å²) >= 11 is 0. The number of H-pyrrole nitrogens is 1. The van der Waals surface area contributed by atoms with E-state index in [1.165, 1.54) is 24.7 Å². The van der Waals surface area contributed by atoms with Crippen molar-refractivity contribution in [1.82, 2.24) is 25.6 Å². The number of rotatable bonds is 3. The first-order valence-corrected chi connectivity index (χ1v) is 13.6. The SMILES string of the molecule is CC1=C\C(O)CC(F)Cc2nc(co2)C(=O)NC(Cc2cnc[nH]2)C(=O)OC(C(C)C)C(C)/C=C/C(=O)NC\C=C\1. The highest BCUT2D eigenvalue weighted by atomic mass is 19.1. The van der Waals surface area contributed by atoms with E-state index in [2.05, 4.69) is 25.6 Å². The monoisotopic (exact) mass is 571 g/mol. The molecule has 4 N–H and O–H groups in total. The van der Waals surface area contributed by atoms with Gasteiger partial charge in [-0.25, -0.2) is 19.2 Å². The van der Waals surface area contributed by atoms with Crippen LogP contribution in [0.5, 0.6) is 0 Å². The third kappa shape index (κ3) is 10.1. The lowest BCUT2D eigenvalue weighted by atomic mass is 9.94. The van der Waals surface area contributed by atoms with Gasteiger partial charge in [-0.05, 0) is 18.9 Å². The number of hydrogen-bond donors (Lipinski definition) is 4. The average Bonchev–Trinajstić information content (AvgIpc) is 3.59. The number of carbonyl (C=O) groups is 3. The van der Waals surface area contributed by atoms with Gasteiger partial charge >= 0.3 is 5.97 Å². The fourth-order valence-electron chi connectivity index (χ4n) is 4.39. The normalized spacial score (nSPS) is 28.6. The Morgan fingerprint density at radius 3 is 2.71 bits per heavy atom. The molecule has 3 rings (SSSR count). The minimum Gasteiger partial charge on any atom is -0.460 e. The van der Waals surface area contributed by atoms with E-state index < -0.39 is 36.3 Å². The molecular weight excluding hydrogens is 533 g/mol. The molecule has 0 saturated heterocycles. The fraction of sp³-hybridized carbons (Fsp3) is 0.483. The Bertz CT molecular complexity index is 1250. The lowest BCUT2D eigenvalue weighted by molar-refractivity contribution is -0.155. The molecule has 1 aliphatic heterocycles. The molecule has 0 saturated carbocycles. The van der Waals surface area contributed by atoms with Gasteiger partial charge in [0.2, 0.25) is 5.91 Å². The second-order valence-electron chi connectivity index (χ2n) is 10.5. The Balaban J connectivity index is 1.87. The summed E-state index contributed by atoms with van der Waals surface area (Å²) in [7, 11) is 0. The van der Waals surface area contributed by atoms with Gasteiger partial charge in [-0.15, -0.1) is 0 Å². The van der Waals surface area contributed by atoms with Crippen LogP contribution >= 0.6 is 0 Å². The summed E-state index contributed by atoms with van der Waals surface area (Å²) in [5.74, 6) is -2.14. The zero-order valence-electron chi connectivity index (χ0n) is 23.7. The first-order chi connectivity index (χ1) is 19.5. The number of cyclic esters (lactones) is 1. The van der Waals surface area contributed by atoms with Crippen molar-refractivity contribution in [3.63, 3.8) is 0 Å². The number of fused-ring (bicyclic) bond motifs is 2. The quantitative estimate of drug-likeness (QED) is 0.409. The summed E-state index contributed by atoms with van der Waals surface area (Å²) in [5.41, 5.74) is 1.16. The van der Waals surface area contributed by atoms with Crippen LogP contribution in [0.2, 0.25) is 0 Å². The summed E-state index contributed by atoms with van der Waals surface area (Å²) in [4.78, 5) is 49.6. The molecular formula is C29H38FN5O6. The van der Waals surface area contributed by atoms with Crippen molar-refractivity contribution in [1.29, 1.82) is 0 Å². The summed E-state index contributed by atoms with van der Waals surface area (Å²) in [6.07, 6.45) is 8.55. The van der Waals surface area contributed by atoms with Crippen LogP contribution in [0.1, 0.15) is 56.2 Å². The van der Waals surface area contributed by atoms with Gasteiger partial charge in [0.15, 0.2) is 11.6 Å². The van der Waals surface area contributed by atoms with Crippen LogP contribution in [-0.4, -0.2) is 68.8 Å². The maximum atomic E-state index is 14.7. The zero-order valence-corrected chi connectivity index (χ0v) is 23.7. The maximum absolute atomic E-state index is 14.7. The molecule has 5 atom stereocenters. The van der Waals surface area contributed by atoms with Crippen LogP contribution in [0.4, 0.5) is 4.39 Å². The lowest BCUT2D eigenvalue weighted by Crippen LogP contribution is -2.46. The second-order valence-corrected chi connectivity index (χ2v) is 10.5. The zero-order chi connectivity index (χ0) is 29.9. The molecule has 1 aliphatic rings. The third-order valence-corrected chi connectivity index (χ3v) is 6.46. The lowest BCUT2D eigenvalue weighted by Gasteiger charge is -2.28. The van der Waals surface area contributed by atoms with E-state index >= 15 is 0 Å². The van der Waals surface area contributed by atoms with Crippen molar-refractivity contribution >= 4 is 17.8 Å². The molecule has 11 nitrogen and oxygen atoms in total. The van der Waals surface area contributed by atoms with Crippen LogP contribution in [0.3, 0.4) is 0 Å². The maximum Gasteiger partial charge on any atom is 0.329 e. The number of nitrogens with one attached hydrogen (secondary N) is 3. The predicted molar refractivity (Wildman–Crippen MR) is 148 cm³/mol. The summed E-state index contributed by atoms with van der Waals surface area (Å²) in [5, 5.41) is 15.6. The number of aliphatic hydroxyl groups is 1. The molecule has 41 heavy (non-hydrogen) atoms. The number of oxazole rings is 1. The van der Waals surface area contributed by atoms with Gasteiger partial charge in [-0.1, -0.05) is 50.6 Å². The fourth-order valence-corrected chi connectivity index (χ4v) is 4.39. The summed E-state index contributed by atoms with van der Waals surface area (Å²) in [6, 6.07) is -1.10. The topological polar surface area (TPSA) is 159 Å². The number of aromatic amines is 1. The Morgan fingerprint density at radius 1 is 1.22 bits per heavy atom. The van der Waals surface area contributed by atoms with Gasteiger partial charge in [-0.3, -0.25) is 9.59 Å². The van der Waals surface area contributed by atoms with Crippen LogP contribution in [0.15, 0.2) is 59.2 Å². The van der Waals surface area contributed by atoms with Crippen molar-refractivity contribution in [2.75, 3.05) is 6.54 Å². The summed E-state index contributed by atoms with van der Waals surface area (Å²) < 4.78 is 25.8. The number of ether oxygens (including phenoxy) is 1. The van der Waals surface area contributed by atoms with Crippen LogP contribution < -0.4 is 10.6 Å². The van der Waals surface area contributed by atoms with Crippen molar-refractivity contribution in [3.05, 3.63) is 72.0 Å². The molecule has 3 heterocycles. The number of alkyl halides is 1. The number of imidazole rings is 1. The number of hydrogen-bond acceptors (Lipinski definition) is 8. The highest BCUT2D eigenvalue weighted by molar-refractivity contribution is 5.95.